The van der Waals surface area contributed by atoms with E-state index in [-0.39, 0.29) is 24.8 Å². The van der Waals surface area contributed by atoms with E-state index in [9.17, 15) is 18.0 Å². The van der Waals surface area contributed by atoms with Gasteiger partial charge in [0.15, 0.2) is 0 Å². The molecule has 0 N–H and O–H groups in total. The number of nitrogens with zero attached hydrogens (tertiary/aromatic N) is 3. The SMILES string of the molecule is Cc1nccn1[C@@H]1CCCN(C(=O)[C@@H]2CCC[C@@H](C(F)(F)F)C2)C1. The van der Waals surface area contributed by atoms with Crippen LogP contribution in [0.4, 0.5) is 13.2 Å². The molecule has 1 aliphatic carbocycles. The molecule has 1 amide bonds. The van der Waals surface area contributed by atoms with Gasteiger partial charge in [0.05, 0.1) is 12.0 Å². The molecule has 2 heterocycles. The summed E-state index contributed by atoms with van der Waals surface area (Å²) in [6.45, 7) is 3.15. The summed E-state index contributed by atoms with van der Waals surface area (Å²) in [6.07, 6.45) is 2.49. The van der Waals surface area contributed by atoms with Gasteiger partial charge in [-0.3, -0.25) is 4.79 Å². The van der Waals surface area contributed by atoms with Crippen molar-refractivity contribution >= 4 is 5.91 Å². The fourth-order valence-electron chi connectivity index (χ4n) is 4.13. The van der Waals surface area contributed by atoms with Gasteiger partial charge in [-0.1, -0.05) is 6.42 Å². The van der Waals surface area contributed by atoms with Crippen LogP contribution in [0.15, 0.2) is 12.4 Å². The molecular formula is C17H24F3N3O. The van der Waals surface area contributed by atoms with Crippen LogP contribution in [0.25, 0.3) is 0 Å². The first-order valence-electron chi connectivity index (χ1n) is 8.71. The van der Waals surface area contributed by atoms with Gasteiger partial charge in [-0.05, 0) is 39.0 Å². The third-order valence-electron chi connectivity index (χ3n) is 5.45. The number of halogens is 3. The molecule has 134 valence electrons. The molecule has 0 bridgehead atoms. The first-order valence-corrected chi connectivity index (χ1v) is 8.71. The van der Waals surface area contributed by atoms with Crippen molar-refractivity contribution in [3.63, 3.8) is 0 Å². The zero-order chi connectivity index (χ0) is 17.3. The van der Waals surface area contributed by atoms with Gasteiger partial charge in [-0.15, -0.1) is 0 Å². The number of alkyl halides is 3. The van der Waals surface area contributed by atoms with Crippen molar-refractivity contribution in [3.8, 4) is 0 Å². The van der Waals surface area contributed by atoms with E-state index >= 15 is 0 Å². The average Bonchev–Trinajstić information content (AvgIpc) is 3.00. The minimum absolute atomic E-state index is 0.0480. The van der Waals surface area contributed by atoms with Gasteiger partial charge >= 0.3 is 6.18 Å². The number of piperidine rings is 1. The van der Waals surface area contributed by atoms with Crippen LogP contribution in [0.2, 0.25) is 0 Å². The molecule has 7 heteroatoms. The molecule has 0 spiro atoms. The molecule has 0 aromatic carbocycles. The predicted octanol–water partition coefficient (Wildman–Crippen LogP) is 3.72. The number of amides is 1. The maximum absolute atomic E-state index is 13.0. The zero-order valence-corrected chi connectivity index (χ0v) is 13.9. The second kappa shape index (κ2) is 6.76. The van der Waals surface area contributed by atoms with E-state index in [2.05, 4.69) is 9.55 Å². The number of rotatable bonds is 2. The highest BCUT2D eigenvalue weighted by Crippen LogP contribution is 2.40. The molecule has 1 aliphatic heterocycles. The Hall–Kier alpha value is -1.53. The third kappa shape index (κ3) is 3.59. The molecule has 0 unspecified atom stereocenters. The Morgan fingerprint density at radius 1 is 1.25 bits per heavy atom. The third-order valence-corrected chi connectivity index (χ3v) is 5.45. The topological polar surface area (TPSA) is 38.1 Å². The summed E-state index contributed by atoms with van der Waals surface area (Å²) in [5.74, 6) is -0.986. The number of hydrogen-bond donors (Lipinski definition) is 0. The molecule has 2 fully saturated rings. The highest BCUT2D eigenvalue weighted by Gasteiger charge is 2.44. The van der Waals surface area contributed by atoms with Gasteiger partial charge in [0.1, 0.15) is 5.82 Å². The number of carbonyl (C=O) groups is 1. The van der Waals surface area contributed by atoms with Crippen molar-refractivity contribution in [1.29, 1.82) is 0 Å². The Labute approximate surface area is 140 Å². The molecule has 1 saturated heterocycles. The molecular weight excluding hydrogens is 319 g/mol. The van der Waals surface area contributed by atoms with Gasteiger partial charge in [-0.25, -0.2) is 4.98 Å². The largest absolute Gasteiger partial charge is 0.391 e. The first-order chi connectivity index (χ1) is 11.4. The number of aromatic nitrogens is 2. The van der Waals surface area contributed by atoms with Crippen molar-refractivity contribution in [2.75, 3.05) is 13.1 Å². The quantitative estimate of drug-likeness (QED) is 0.821. The van der Waals surface area contributed by atoms with Crippen LogP contribution < -0.4 is 0 Å². The van der Waals surface area contributed by atoms with E-state index in [0.29, 0.717) is 25.9 Å². The van der Waals surface area contributed by atoms with E-state index in [1.165, 1.54) is 0 Å². The number of hydrogen-bond acceptors (Lipinski definition) is 2. The second-order valence-electron chi connectivity index (χ2n) is 7.06. The molecule has 3 rings (SSSR count). The lowest BCUT2D eigenvalue weighted by Gasteiger charge is -2.38. The maximum Gasteiger partial charge on any atom is 0.391 e. The van der Waals surface area contributed by atoms with Gasteiger partial charge in [0.2, 0.25) is 5.91 Å². The predicted molar refractivity (Wildman–Crippen MR) is 83.3 cm³/mol. The fourth-order valence-corrected chi connectivity index (χ4v) is 4.13. The van der Waals surface area contributed by atoms with Gasteiger partial charge in [-0.2, -0.15) is 13.2 Å². The first kappa shape index (κ1) is 17.3. The molecule has 1 aromatic heterocycles. The van der Waals surface area contributed by atoms with Crippen molar-refractivity contribution in [3.05, 3.63) is 18.2 Å². The number of aryl methyl sites for hydroxylation is 1. The summed E-state index contributed by atoms with van der Waals surface area (Å²) in [5, 5.41) is 0. The Balaban J connectivity index is 1.65. The summed E-state index contributed by atoms with van der Waals surface area (Å²) in [5.41, 5.74) is 0. The van der Waals surface area contributed by atoms with Crippen LogP contribution in [-0.4, -0.2) is 39.6 Å². The van der Waals surface area contributed by atoms with E-state index in [4.69, 9.17) is 0 Å². The van der Waals surface area contributed by atoms with E-state index in [1.54, 1.807) is 11.1 Å². The number of imidazole rings is 1. The van der Waals surface area contributed by atoms with E-state index < -0.39 is 18.0 Å². The van der Waals surface area contributed by atoms with Crippen LogP contribution >= 0.6 is 0 Å². The molecule has 1 saturated carbocycles. The normalized spacial score (nSPS) is 28.8. The Morgan fingerprint density at radius 3 is 2.71 bits per heavy atom. The minimum atomic E-state index is -4.18. The smallest absolute Gasteiger partial charge is 0.340 e. The number of likely N-dealkylation sites (tertiary alicyclic amines) is 1. The van der Waals surface area contributed by atoms with Crippen molar-refractivity contribution in [2.24, 2.45) is 11.8 Å². The Bertz CT molecular complexity index is 584. The highest BCUT2D eigenvalue weighted by molar-refractivity contribution is 5.79. The van der Waals surface area contributed by atoms with Crippen molar-refractivity contribution in [2.45, 2.75) is 57.7 Å². The summed E-state index contributed by atoms with van der Waals surface area (Å²) in [6, 6.07) is 0.173. The fraction of sp³-hybridized carbons (Fsp3) is 0.765. The molecule has 24 heavy (non-hydrogen) atoms. The lowest BCUT2D eigenvalue weighted by molar-refractivity contribution is -0.187. The summed E-state index contributed by atoms with van der Waals surface area (Å²) >= 11 is 0. The van der Waals surface area contributed by atoms with E-state index in [0.717, 1.165) is 18.7 Å². The Kier molecular flexibility index (Phi) is 4.88. The van der Waals surface area contributed by atoms with E-state index in [1.807, 2.05) is 13.1 Å². The monoisotopic (exact) mass is 343 g/mol. The molecule has 2 aliphatic rings. The van der Waals surface area contributed by atoms with Crippen molar-refractivity contribution < 1.29 is 18.0 Å². The van der Waals surface area contributed by atoms with Crippen LogP contribution in [-0.2, 0) is 4.79 Å². The van der Waals surface area contributed by atoms with Gasteiger partial charge < -0.3 is 9.47 Å². The van der Waals surface area contributed by atoms with Gasteiger partial charge in [0.25, 0.3) is 0 Å². The maximum atomic E-state index is 13.0. The Morgan fingerprint density at radius 2 is 2.04 bits per heavy atom. The summed E-state index contributed by atoms with van der Waals surface area (Å²) in [7, 11) is 0. The van der Waals surface area contributed by atoms with Crippen LogP contribution in [0.5, 0.6) is 0 Å². The molecule has 0 radical (unpaired) electrons. The standard InChI is InChI=1S/C17H24F3N3O/c1-12-21-7-9-23(12)15-6-3-8-22(11-15)16(24)13-4-2-5-14(10-13)17(18,19)20/h7,9,13-15H,2-6,8,10-11H2,1H3/t13-,14-,15-/m1/s1. The van der Waals surface area contributed by atoms with Crippen LogP contribution in [0, 0.1) is 18.8 Å². The highest BCUT2D eigenvalue weighted by atomic mass is 19.4. The number of carbonyl (C=O) groups excluding carboxylic acids is 1. The zero-order valence-electron chi connectivity index (χ0n) is 13.9. The van der Waals surface area contributed by atoms with Gasteiger partial charge in [0, 0.05) is 31.4 Å². The van der Waals surface area contributed by atoms with Crippen molar-refractivity contribution in [1.82, 2.24) is 14.5 Å². The summed E-state index contributed by atoms with van der Waals surface area (Å²) in [4.78, 5) is 18.8. The lowest BCUT2D eigenvalue weighted by Crippen LogP contribution is -2.45. The lowest BCUT2D eigenvalue weighted by atomic mass is 9.80. The average molecular weight is 343 g/mol. The second-order valence-corrected chi connectivity index (χ2v) is 7.06. The minimum Gasteiger partial charge on any atom is -0.340 e. The summed E-state index contributed by atoms with van der Waals surface area (Å²) < 4.78 is 41.0. The molecule has 1 aromatic rings. The molecule has 3 atom stereocenters. The van der Waals surface area contributed by atoms with Crippen LogP contribution in [0.3, 0.4) is 0 Å². The molecule has 4 nitrogen and oxygen atoms in total. The van der Waals surface area contributed by atoms with Crippen LogP contribution in [0.1, 0.15) is 50.4 Å².